The number of aliphatic hydroxyl groups is 3. The van der Waals surface area contributed by atoms with Gasteiger partial charge in [0.2, 0.25) is 11.8 Å². The highest BCUT2D eigenvalue weighted by Gasteiger charge is 2.50. The Balaban J connectivity index is 1.13. The molecule has 0 radical (unpaired) electrons. The lowest BCUT2D eigenvalue weighted by atomic mass is 9.90. The van der Waals surface area contributed by atoms with Crippen molar-refractivity contribution in [3.05, 3.63) is 132 Å². The summed E-state index contributed by atoms with van der Waals surface area (Å²) < 4.78 is 24.3. The summed E-state index contributed by atoms with van der Waals surface area (Å²) >= 11 is 0. The average molecular weight is 934 g/mol. The third-order valence-corrected chi connectivity index (χ3v) is 11.5. The Kier molecular flexibility index (Phi) is 14.9. The smallest absolute Gasteiger partial charge is 0.419 e. The van der Waals surface area contributed by atoms with Crippen LogP contribution in [0.5, 0.6) is 0 Å². The maximum absolute atomic E-state index is 14.7. The number of para-hydroxylation sites is 1. The molecule has 360 valence electrons. The second-order valence-electron chi connectivity index (χ2n) is 18.9. The van der Waals surface area contributed by atoms with Gasteiger partial charge in [0.25, 0.3) is 0 Å². The summed E-state index contributed by atoms with van der Waals surface area (Å²) in [6.07, 6.45) is -12.0. The zero-order valence-corrected chi connectivity index (χ0v) is 38.8. The normalized spacial score (nSPS) is 20.0. The molecule has 4 aromatic carbocycles. The summed E-state index contributed by atoms with van der Waals surface area (Å²) in [6, 6.07) is 30.1. The monoisotopic (exact) mass is 933 g/mol. The van der Waals surface area contributed by atoms with Crippen molar-refractivity contribution in [3.8, 4) is 11.1 Å². The van der Waals surface area contributed by atoms with E-state index in [9.17, 15) is 39.3 Å². The Bertz CT molecular complexity index is 2580. The number of nitrogens with one attached hydrogen (secondary N) is 4. The number of hydrogen-bond donors (Lipinski definition) is 7. The van der Waals surface area contributed by atoms with Crippen LogP contribution >= 0.6 is 0 Å². The summed E-state index contributed by atoms with van der Waals surface area (Å²) in [5.74, 6) is -1.98. The number of benzene rings is 4. The molecule has 4 amide bonds. The van der Waals surface area contributed by atoms with Gasteiger partial charge in [-0.25, -0.2) is 19.0 Å². The standard InChI is InChI=1S/C51H59N5O12/c1-50(2,3)67-48(63)55-40(44-43(59)42(58)41(57)39(66-44)27-53-47(62)65-28-36-34-21-13-11-19-32(34)33-20-12-14-22-35(33)36)46(61)54-37(45(60)52-26-29-16-8-7-9-17-29)25-31-24-30-18-10-15-23-38(30)56(31)49(64)68-51(4,5)6/h7-24,36-37,39-44,57-59H,25-28H2,1-6H3,(H,52,60)(H,53,62)(H,54,61)(H,55,63)/t37-,39?,40+,41+,42?,43?,44-/m0/s1. The third-order valence-electron chi connectivity index (χ3n) is 11.5. The fraction of sp³-hybridized carbons (Fsp3) is 0.392. The summed E-state index contributed by atoms with van der Waals surface area (Å²) in [5, 5.41) is 44.9. The number of aliphatic hydroxyl groups excluding tert-OH is 3. The largest absolute Gasteiger partial charge is 0.449 e. The van der Waals surface area contributed by atoms with E-state index in [0.717, 1.165) is 27.8 Å². The first-order valence-electron chi connectivity index (χ1n) is 22.5. The molecular weight excluding hydrogens is 875 g/mol. The molecule has 1 fully saturated rings. The molecule has 0 saturated carbocycles. The summed E-state index contributed by atoms with van der Waals surface area (Å²) in [6.45, 7) is 9.52. The first kappa shape index (κ1) is 49.1. The minimum absolute atomic E-state index is 0.0153. The predicted molar refractivity (Wildman–Crippen MR) is 250 cm³/mol. The van der Waals surface area contributed by atoms with E-state index in [1.165, 1.54) is 4.57 Å². The van der Waals surface area contributed by atoms with Crippen molar-refractivity contribution in [1.29, 1.82) is 0 Å². The number of fused-ring (bicyclic) bond motifs is 4. The van der Waals surface area contributed by atoms with Crippen molar-refractivity contribution in [3.63, 3.8) is 0 Å². The van der Waals surface area contributed by atoms with E-state index in [2.05, 4.69) is 21.3 Å². The van der Waals surface area contributed by atoms with Gasteiger partial charge in [-0.05, 0) is 81.5 Å². The molecule has 2 aliphatic rings. The Hall–Kier alpha value is -6.79. The molecule has 1 aromatic heterocycles. The maximum atomic E-state index is 14.7. The third kappa shape index (κ3) is 11.7. The van der Waals surface area contributed by atoms with Gasteiger partial charge in [0.1, 0.15) is 60.4 Å². The van der Waals surface area contributed by atoms with E-state index in [1.54, 1.807) is 96.1 Å². The zero-order chi connectivity index (χ0) is 48.9. The molecule has 7 rings (SSSR count). The fourth-order valence-electron chi connectivity index (χ4n) is 8.46. The zero-order valence-electron chi connectivity index (χ0n) is 38.8. The molecule has 3 unspecified atom stereocenters. The van der Waals surface area contributed by atoms with Crippen LogP contribution in [0, 0.1) is 0 Å². The second kappa shape index (κ2) is 20.6. The Morgan fingerprint density at radius 3 is 1.93 bits per heavy atom. The lowest BCUT2D eigenvalue weighted by Gasteiger charge is -2.43. The summed E-state index contributed by atoms with van der Waals surface area (Å²) in [5.41, 5.74) is 3.66. The highest BCUT2D eigenvalue weighted by atomic mass is 16.6. The van der Waals surface area contributed by atoms with E-state index < -0.39 is 90.4 Å². The van der Waals surface area contributed by atoms with E-state index in [0.29, 0.717) is 16.6 Å². The van der Waals surface area contributed by atoms with Gasteiger partial charge in [-0.3, -0.25) is 9.59 Å². The topological polar surface area (TPSA) is 236 Å². The van der Waals surface area contributed by atoms with Gasteiger partial charge < -0.3 is 55.5 Å². The Morgan fingerprint density at radius 2 is 1.28 bits per heavy atom. The number of rotatable bonds is 13. The van der Waals surface area contributed by atoms with Crippen LogP contribution in [0.25, 0.3) is 22.0 Å². The molecular formula is C51H59N5O12. The molecule has 0 spiro atoms. The SMILES string of the molecule is CC(C)(C)OC(=O)N[C@@H](C(=O)N[C@@H](Cc1cc2ccccc2n1C(=O)OC(C)(C)C)C(=O)NCc1ccccc1)[C@@H]1OC(CNC(=O)OCC2c3ccccc3-c3ccccc32)[C@@H](O)C(O)C1O. The molecule has 1 aliphatic carbocycles. The number of carbonyl (C=O) groups is 5. The van der Waals surface area contributed by atoms with Gasteiger partial charge in [0.15, 0.2) is 0 Å². The molecule has 17 heteroatoms. The highest BCUT2D eigenvalue weighted by Crippen LogP contribution is 2.44. The first-order chi connectivity index (χ1) is 32.3. The minimum Gasteiger partial charge on any atom is -0.449 e. The van der Waals surface area contributed by atoms with Crippen LogP contribution in [0.15, 0.2) is 109 Å². The van der Waals surface area contributed by atoms with Gasteiger partial charge in [-0.2, -0.15) is 0 Å². The molecule has 2 heterocycles. The number of ether oxygens (including phenoxy) is 4. The van der Waals surface area contributed by atoms with Crippen LogP contribution in [-0.2, 0) is 41.5 Å². The second-order valence-corrected chi connectivity index (χ2v) is 18.9. The van der Waals surface area contributed by atoms with E-state index in [4.69, 9.17) is 18.9 Å². The van der Waals surface area contributed by atoms with Gasteiger partial charge in [-0.1, -0.05) is 97.1 Å². The van der Waals surface area contributed by atoms with Gasteiger partial charge in [-0.15, -0.1) is 0 Å². The van der Waals surface area contributed by atoms with Gasteiger partial charge in [0.05, 0.1) is 5.52 Å². The van der Waals surface area contributed by atoms with Crippen LogP contribution in [0.4, 0.5) is 14.4 Å². The number of hydrogen-bond acceptors (Lipinski definition) is 12. The van der Waals surface area contributed by atoms with Gasteiger partial charge in [0, 0.05) is 36.5 Å². The quantitative estimate of drug-likeness (QED) is 0.0769. The van der Waals surface area contributed by atoms with Crippen molar-refractivity contribution < 1.29 is 58.2 Å². The number of alkyl carbamates (subject to hydrolysis) is 2. The molecule has 0 bridgehead atoms. The van der Waals surface area contributed by atoms with Crippen LogP contribution < -0.4 is 21.3 Å². The van der Waals surface area contributed by atoms with Crippen LogP contribution in [0.2, 0.25) is 0 Å². The molecule has 68 heavy (non-hydrogen) atoms. The Morgan fingerprint density at radius 1 is 0.676 bits per heavy atom. The lowest BCUT2D eigenvalue weighted by molar-refractivity contribution is -0.226. The average Bonchev–Trinajstić information content (AvgIpc) is 3.82. The number of amides is 4. The van der Waals surface area contributed by atoms with Crippen molar-refractivity contribution in [2.75, 3.05) is 13.2 Å². The molecule has 1 saturated heterocycles. The first-order valence-corrected chi connectivity index (χ1v) is 22.5. The van der Waals surface area contributed by atoms with Crippen LogP contribution in [0.1, 0.15) is 69.8 Å². The van der Waals surface area contributed by atoms with Crippen molar-refractivity contribution in [1.82, 2.24) is 25.8 Å². The van der Waals surface area contributed by atoms with E-state index in [1.807, 2.05) is 54.6 Å². The van der Waals surface area contributed by atoms with Crippen LogP contribution in [-0.4, -0.2) is 117 Å². The Labute approximate surface area is 394 Å². The maximum Gasteiger partial charge on any atom is 0.419 e. The molecule has 7 atom stereocenters. The number of carbonyl (C=O) groups excluding carboxylic acids is 5. The molecule has 7 N–H and O–H groups in total. The van der Waals surface area contributed by atoms with Crippen LogP contribution in [0.3, 0.4) is 0 Å². The molecule has 17 nitrogen and oxygen atoms in total. The van der Waals surface area contributed by atoms with E-state index >= 15 is 0 Å². The number of nitrogens with zero attached hydrogens (tertiary/aromatic N) is 1. The highest BCUT2D eigenvalue weighted by molar-refractivity contribution is 5.94. The summed E-state index contributed by atoms with van der Waals surface area (Å²) in [7, 11) is 0. The van der Waals surface area contributed by atoms with Crippen molar-refractivity contribution in [2.45, 2.75) is 114 Å². The van der Waals surface area contributed by atoms with Gasteiger partial charge >= 0.3 is 18.3 Å². The minimum atomic E-state index is -2.00. The lowest BCUT2D eigenvalue weighted by Crippen LogP contribution is -2.68. The summed E-state index contributed by atoms with van der Waals surface area (Å²) in [4.78, 5) is 69.4. The predicted octanol–water partition coefficient (Wildman–Crippen LogP) is 5.05. The molecule has 1 aliphatic heterocycles. The fourth-order valence-corrected chi connectivity index (χ4v) is 8.46. The van der Waals surface area contributed by atoms with Crippen molar-refractivity contribution >= 4 is 41.0 Å². The molecule has 5 aromatic rings. The number of aromatic nitrogens is 1. The van der Waals surface area contributed by atoms with E-state index in [-0.39, 0.29) is 25.5 Å². The van der Waals surface area contributed by atoms with Crippen molar-refractivity contribution in [2.24, 2.45) is 0 Å².